The van der Waals surface area contributed by atoms with Crippen molar-refractivity contribution in [2.75, 3.05) is 11.5 Å². The number of aliphatic hydroxyl groups excluding tert-OH is 1. The van der Waals surface area contributed by atoms with Crippen LogP contribution in [0.15, 0.2) is 18.2 Å². The van der Waals surface area contributed by atoms with Gasteiger partial charge in [-0.15, -0.1) is 0 Å². The Kier molecular flexibility index (Phi) is 3.68. The first-order chi connectivity index (χ1) is 8.37. The first-order valence-electron chi connectivity index (χ1n) is 5.71. The smallest absolute Gasteiger partial charge is 0.150 e. The summed E-state index contributed by atoms with van der Waals surface area (Å²) in [5.41, 5.74) is -0.112. The van der Waals surface area contributed by atoms with Gasteiger partial charge < -0.3 is 5.11 Å². The van der Waals surface area contributed by atoms with Gasteiger partial charge in [-0.05, 0) is 37.0 Å². The Labute approximate surface area is 104 Å². The molecule has 0 radical (unpaired) electrons. The maximum Gasteiger partial charge on any atom is 0.150 e. The summed E-state index contributed by atoms with van der Waals surface area (Å²) in [4.78, 5) is 0. The lowest BCUT2D eigenvalue weighted by Crippen LogP contribution is -2.11. The van der Waals surface area contributed by atoms with E-state index in [4.69, 9.17) is 0 Å². The van der Waals surface area contributed by atoms with Crippen LogP contribution in [0.4, 0.5) is 8.78 Å². The van der Waals surface area contributed by atoms with Crippen LogP contribution in [0.1, 0.15) is 24.5 Å². The number of sulfone groups is 1. The topological polar surface area (TPSA) is 54.4 Å². The summed E-state index contributed by atoms with van der Waals surface area (Å²) >= 11 is 0. The monoisotopic (exact) mass is 276 g/mol. The number of aliphatic hydroxyl groups is 1. The lowest BCUT2D eigenvalue weighted by atomic mass is 9.96. The van der Waals surface area contributed by atoms with Crippen molar-refractivity contribution in [3.05, 3.63) is 35.4 Å². The summed E-state index contributed by atoms with van der Waals surface area (Å²) in [5.74, 6) is -1.36. The van der Waals surface area contributed by atoms with Crippen LogP contribution >= 0.6 is 0 Å². The first kappa shape index (κ1) is 13.4. The van der Waals surface area contributed by atoms with Gasteiger partial charge in [-0.3, -0.25) is 0 Å². The molecule has 1 saturated heterocycles. The molecule has 0 aliphatic carbocycles. The van der Waals surface area contributed by atoms with Gasteiger partial charge in [0.15, 0.2) is 9.84 Å². The fraction of sp³-hybridized carbons (Fsp3) is 0.500. The van der Waals surface area contributed by atoms with E-state index >= 15 is 0 Å². The molecule has 0 spiro atoms. The Morgan fingerprint density at radius 1 is 1.39 bits per heavy atom. The molecule has 1 aromatic carbocycles. The molecule has 1 N–H and O–H groups in total. The zero-order valence-electron chi connectivity index (χ0n) is 9.64. The highest BCUT2D eigenvalue weighted by Crippen LogP contribution is 2.30. The van der Waals surface area contributed by atoms with Crippen molar-refractivity contribution in [1.29, 1.82) is 0 Å². The van der Waals surface area contributed by atoms with Crippen LogP contribution in [0.2, 0.25) is 0 Å². The van der Waals surface area contributed by atoms with Gasteiger partial charge in [-0.25, -0.2) is 17.2 Å². The van der Waals surface area contributed by atoms with Crippen LogP contribution in [0.25, 0.3) is 0 Å². The minimum absolute atomic E-state index is 0.0149. The Morgan fingerprint density at radius 3 is 2.72 bits per heavy atom. The number of hydrogen-bond donors (Lipinski definition) is 1. The van der Waals surface area contributed by atoms with Gasteiger partial charge in [-0.1, -0.05) is 0 Å². The quantitative estimate of drug-likeness (QED) is 0.916. The zero-order chi connectivity index (χ0) is 13.3. The van der Waals surface area contributed by atoms with E-state index in [0.717, 1.165) is 18.2 Å². The fourth-order valence-corrected chi connectivity index (χ4v) is 4.15. The third-order valence-corrected chi connectivity index (χ3v) is 5.04. The van der Waals surface area contributed by atoms with Crippen LogP contribution in [0.3, 0.4) is 0 Å². The van der Waals surface area contributed by atoms with Gasteiger partial charge in [-0.2, -0.15) is 0 Å². The molecule has 6 heteroatoms. The van der Waals surface area contributed by atoms with Crippen molar-refractivity contribution in [1.82, 2.24) is 0 Å². The van der Waals surface area contributed by atoms with Crippen molar-refractivity contribution in [3.8, 4) is 0 Å². The summed E-state index contributed by atoms with van der Waals surface area (Å²) in [5, 5.41) is 9.85. The summed E-state index contributed by atoms with van der Waals surface area (Å²) in [6.45, 7) is 0. The minimum atomic E-state index is -3.02. The molecule has 0 bridgehead atoms. The first-order valence-corrected chi connectivity index (χ1v) is 7.53. The predicted molar refractivity (Wildman–Crippen MR) is 62.7 cm³/mol. The Hall–Kier alpha value is -1.01. The molecule has 1 heterocycles. The minimum Gasteiger partial charge on any atom is -0.388 e. The summed E-state index contributed by atoms with van der Waals surface area (Å²) < 4.78 is 48.9. The number of rotatable bonds is 3. The van der Waals surface area contributed by atoms with E-state index in [0.29, 0.717) is 6.42 Å². The lowest BCUT2D eigenvalue weighted by Gasteiger charge is -2.15. The Balaban J connectivity index is 2.08. The van der Waals surface area contributed by atoms with E-state index in [9.17, 15) is 22.3 Å². The number of hydrogen-bond acceptors (Lipinski definition) is 3. The molecule has 0 aromatic heterocycles. The lowest BCUT2D eigenvalue weighted by molar-refractivity contribution is 0.144. The maximum atomic E-state index is 13.4. The molecule has 100 valence electrons. The van der Waals surface area contributed by atoms with Crippen LogP contribution in [0, 0.1) is 17.6 Å². The Morgan fingerprint density at radius 2 is 2.11 bits per heavy atom. The van der Waals surface area contributed by atoms with E-state index in [-0.39, 0.29) is 29.4 Å². The van der Waals surface area contributed by atoms with Crippen molar-refractivity contribution in [3.63, 3.8) is 0 Å². The largest absolute Gasteiger partial charge is 0.388 e. The molecule has 1 aliphatic rings. The second kappa shape index (κ2) is 4.93. The number of benzene rings is 1. The van der Waals surface area contributed by atoms with E-state index in [2.05, 4.69) is 0 Å². The third kappa shape index (κ3) is 3.05. The van der Waals surface area contributed by atoms with E-state index in [1.807, 2.05) is 0 Å². The van der Waals surface area contributed by atoms with Crippen LogP contribution < -0.4 is 0 Å². The zero-order valence-corrected chi connectivity index (χ0v) is 10.5. The summed E-state index contributed by atoms with van der Waals surface area (Å²) in [6, 6.07) is 2.88. The molecule has 2 atom stereocenters. The highest BCUT2D eigenvalue weighted by molar-refractivity contribution is 7.91. The standard InChI is InChI=1S/C12H14F2O3S/c13-9-1-2-11(14)10(6-9)12(15)5-8-3-4-18(16,17)7-8/h1-2,6,8,12,15H,3-5,7H2. The van der Waals surface area contributed by atoms with Crippen molar-refractivity contribution < 1.29 is 22.3 Å². The SMILES string of the molecule is O=S1(=O)CCC(CC(O)c2cc(F)ccc2F)C1. The van der Waals surface area contributed by atoms with Gasteiger partial charge in [0.1, 0.15) is 11.6 Å². The highest BCUT2D eigenvalue weighted by atomic mass is 32.2. The molecular weight excluding hydrogens is 262 g/mol. The summed E-state index contributed by atoms with van der Waals surface area (Å²) in [7, 11) is -3.02. The highest BCUT2D eigenvalue weighted by Gasteiger charge is 2.30. The average molecular weight is 276 g/mol. The van der Waals surface area contributed by atoms with Crippen LogP contribution in [-0.4, -0.2) is 25.0 Å². The van der Waals surface area contributed by atoms with Crippen molar-refractivity contribution in [2.45, 2.75) is 18.9 Å². The Bertz CT molecular complexity index is 542. The molecule has 18 heavy (non-hydrogen) atoms. The number of halogens is 2. The maximum absolute atomic E-state index is 13.4. The van der Waals surface area contributed by atoms with E-state index in [1.54, 1.807) is 0 Å². The molecule has 0 amide bonds. The van der Waals surface area contributed by atoms with Crippen molar-refractivity contribution >= 4 is 9.84 Å². The average Bonchev–Trinajstić information content (AvgIpc) is 2.61. The second-order valence-corrected chi connectivity index (χ2v) is 6.92. The van der Waals surface area contributed by atoms with Gasteiger partial charge >= 0.3 is 0 Å². The molecule has 0 saturated carbocycles. The van der Waals surface area contributed by atoms with Gasteiger partial charge in [0.25, 0.3) is 0 Å². The summed E-state index contributed by atoms with van der Waals surface area (Å²) in [6.07, 6.45) is -0.561. The predicted octanol–water partition coefficient (Wildman–Crippen LogP) is 1.82. The normalized spacial score (nSPS) is 24.1. The molecular formula is C12H14F2O3S. The van der Waals surface area contributed by atoms with Gasteiger partial charge in [0.2, 0.25) is 0 Å². The molecule has 1 fully saturated rings. The molecule has 2 unspecified atom stereocenters. The molecule has 3 nitrogen and oxygen atoms in total. The fourth-order valence-electron chi connectivity index (χ4n) is 2.27. The van der Waals surface area contributed by atoms with E-state index < -0.39 is 27.6 Å². The second-order valence-electron chi connectivity index (χ2n) is 4.69. The van der Waals surface area contributed by atoms with Crippen LogP contribution in [0.5, 0.6) is 0 Å². The molecule has 2 rings (SSSR count). The molecule has 1 aromatic rings. The third-order valence-electron chi connectivity index (χ3n) is 3.20. The molecule has 1 aliphatic heterocycles. The van der Waals surface area contributed by atoms with Gasteiger partial charge in [0.05, 0.1) is 17.6 Å². The van der Waals surface area contributed by atoms with Crippen molar-refractivity contribution in [2.24, 2.45) is 5.92 Å². The van der Waals surface area contributed by atoms with E-state index in [1.165, 1.54) is 0 Å². The van der Waals surface area contributed by atoms with Gasteiger partial charge in [0, 0.05) is 5.56 Å². The van der Waals surface area contributed by atoms with Crippen LogP contribution in [-0.2, 0) is 9.84 Å².